The average molecular weight is 170 g/mol. The summed E-state index contributed by atoms with van der Waals surface area (Å²) in [5.41, 5.74) is -0.1000. The smallest absolute Gasteiger partial charge is 0.338 e. The minimum absolute atomic E-state index is 0.1000. The standard InChI is InChI=1S/C6H6N2O4/c1-11-3-5-7-4(2-12-5)6(9)8-10/h2H,3H2,1H3. The second-order valence-corrected chi connectivity index (χ2v) is 1.96. The molecule has 6 heteroatoms. The second-order valence-electron chi connectivity index (χ2n) is 1.96. The van der Waals surface area contributed by atoms with Crippen molar-refractivity contribution in [3.8, 4) is 0 Å². The van der Waals surface area contributed by atoms with Gasteiger partial charge < -0.3 is 9.15 Å². The maximum atomic E-state index is 10.6. The monoisotopic (exact) mass is 170 g/mol. The number of oxazole rings is 1. The van der Waals surface area contributed by atoms with Crippen LogP contribution in [0.2, 0.25) is 0 Å². The van der Waals surface area contributed by atoms with E-state index in [0.29, 0.717) is 0 Å². The summed E-state index contributed by atoms with van der Waals surface area (Å²) < 4.78 is 9.45. The van der Waals surface area contributed by atoms with Gasteiger partial charge in [0.15, 0.2) is 5.69 Å². The summed E-state index contributed by atoms with van der Waals surface area (Å²) in [4.78, 5) is 24.0. The molecule has 0 aliphatic rings. The van der Waals surface area contributed by atoms with Crippen LogP contribution in [0.15, 0.2) is 15.9 Å². The Labute approximate surface area is 67.5 Å². The summed E-state index contributed by atoms with van der Waals surface area (Å²) in [5, 5.41) is 2.18. The van der Waals surface area contributed by atoms with Crippen LogP contribution in [0.4, 0.5) is 0 Å². The van der Waals surface area contributed by atoms with Crippen LogP contribution in [-0.4, -0.2) is 18.0 Å². The molecular weight excluding hydrogens is 164 g/mol. The second kappa shape index (κ2) is 3.72. The highest BCUT2D eigenvalue weighted by atomic mass is 16.5. The lowest BCUT2D eigenvalue weighted by molar-refractivity contribution is 0.0996. The largest absolute Gasteiger partial charge is 0.446 e. The average Bonchev–Trinajstić information content (AvgIpc) is 2.52. The minimum Gasteiger partial charge on any atom is -0.446 e. The molecule has 0 N–H and O–H groups in total. The van der Waals surface area contributed by atoms with Gasteiger partial charge in [-0.25, -0.2) is 4.98 Å². The van der Waals surface area contributed by atoms with Crippen molar-refractivity contribution < 1.29 is 13.9 Å². The minimum atomic E-state index is -0.943. The Morgan fingerprint density at radius 3 is 3.17 bits per heavy atom. The normalized spacial score (nSPS) is 9.75. The summed E-state index contributed by atoms with van der Waals surface area (Å²) in [6, 6.07) is 0. The summed E-state index contributed by atoms with van der Waals surface area (Å²) in [5.74, 6) is -0.703. The topological polar surface area (TPSA) is 81.8 Å². The van der Waals surface area contributed by atoms with Gasteiger partial charge in [-0.05, 0) is 0 Å². The molecule has 0 aliphatic heterocycles. The van der Waals surface area contributed by atoms with E-state index >= 15 is 0 Å². The first-order valence-electron chi connectivity index (χ1n) is 3.09. The van der Waals surface area contributed by atoms with Crippen LogP contribution in [-0.2, 0) is 11.3 Å². The van der Waals surface area contributed by atoms with Crippen molar-refractivity contribution in [3.05, 3.63) is 22.8 Å². The van der Waals surface area contributed by atoms with Gasteiger partial charge in [0, 0.05) is 12.3 Å². The first kappa shape index (κ1) is 8.54. The Kier molecular flexibility index (Phi) is 2.65. The van der Waals surface area contributed by atoms with E-state index in [1.54, 1.807) is 0 Å². The summed E-state index contributed by atoms with van der Waals surface area (Å²) >= 11 is 0. The third-order valence-corrected chi connectivity index (χ3v) is 1.12. The van der Waals surface area contributed by atoms with E-state index in [1.165, 1.54) is 7.11 Å². The van der Waals surface area contributed by atoms with E-state index in [4.69, 9.17) is 4.42 Å². The fourth-order valence-electron chi connectivity index (χ4n) is 0.646. The number of carbonyl (C=O) groups is 1. The molecule has 12 heavy (non-hydrogen) atoms. The highest BCUT2D eigenvalue weighted by Crippen LogP contribution is 2.03. The number of hydrogen-bond acceptors (Lipinski definition) is 5. The van der Waals surface area contributed by atoms with Crippen LogP contribution >= 0.6 is 0 Å². The van der Waals surface area contributed by atoms with Crippen molar-refractivity contribution in [1.82, 2.24) is 4.98 Å². The molecule has 1 heterocycles. The fraction of sp³-hybridized carbons (Fsp3) is 0.333. The molecule has 1 aromatic heterocycles. The number of nitroso groups, excluding NO2 is 1. The van der Waals surface area contributed by atoms with Gasteiger partial charge in [-0.2, -0.15) is 0 Å². The van der Waals surface area contributed by atoms with E-state index in [1.807, 2.05) is 0 Å². The fourth-order valence-corrected chi connectivity index (χ4v) is 0.646. The predicted molar refractivity (Wildman–Crippen MR) is 37.3 cm³/mol. The molecule has 64 valence electrons. The molecule has 0 radical (unpaired) electrons. The molecule has 0 saturated heterocycles. The van der Waals surface area contributed by atoms with Crippen LogP contribution in [0.25, 0.3) is 0 Å². The van der Waals surface area contributed by atoms with Crippen molar-refractivity contribution in [2.45, 2.75) is 6.61 Å². The molecule has 1 aromatic rings. The zero-order valence-electron chi connectivity index (χ0n) is 6.31. The number of hydrogen-bond donors (Lipinski definition) is 0. The van der Waals surface area contributed by atoms with Crippen molar-refractivity contribution in [2.24, 2.45) is 5.18 Å². The summed E-state index contributed by atoms with van der Waals surface area (Å²) in [6.45, 7) is 0.159. The highest BCUT2D eigenvalue weighted by Gasteiger charge is 2.11. The van der Waals surface area contributed by atoms with Crippen molar-refractivity contribution in [3.63, 3.8) is 0 Å². The van der Waals surface area contributed by atoms with Gasteiger partial charge in [-0.1, -0.05) is 0 Å². The van der Waals surface area contributed by atoms with Crippen LogP contribution in [0.3, 0.4) is 0 Å². The van der Waals surface area contributed by atoms with E-state index in [-0.39, 0.29) is 18.2 Å². The van der Waals surface area contributed by atoms with Gasteiger partial charge in [0.05, 0.1) is 0 Å². The Morgan fingerprint density at radius 2 is 2.58 bits per heavy atom. The zero-order chi connectivity index (χ0) is 8.97. The van der Waals surface area contributed by atoms with Crippen LogP contribution in [0.5, 0.6) is 0 Å². The predicted octanol–water partition coefficient (Wildman–Crippen LogP) is 0.728. The molecule has 0 aliphatic carbocycles. The molecule has 0 saturated carbocycles. The number of rotatable bonds is 3. The van der Waals surface area contributed by atoms with Crippen LogP contribution in [0, 0.1) is 4.91 Å². The third-order valence-electron chi connectivity index (χ3n) is 1.12. The van der Waals surface area contributed by atoms with Gasteiger partial charge in [-0.3, -0.25) is 4.79 Å². The van der Waals surface area contributed by atoms with E-state index in [0.717, 1.165) is 6.26 Å². The van der Waals surface area contributed by atoms with Crippen LogP contribution < -0.4 is 0 Å². The van der Waals surface area contributed by atoms with E-state index in [9.17, 15) is 9.70 Å². The molecule has 0 atom stereocenters. The first-order chi connectivity index (χ1) is 5.77. The molecule has 0 bridgehead atoms. The van der Waals surface area contributed by atoms with Gasteiger partial charge in [0.25, 0.3) is 0 Å². The molecule has 0 spiro atoms. The number of carbonyl (C=O) groups excluding carboxylic acids is 1. The Balaban J connectivity index is 2.76. The van der Waals surface area contributed by atoms with Gasteiger partial charge in [0.1, 0.15) is 12.9 Å². The number of aromatic nitrogens is 1. The van der Waals surface area contributed by atoms with Crippen LogP contribution in [0.1, 0.15) is 16.4 Å². The summed E-state index contributed by atoms with van der Waals surface area (Å²) in [6.07, 6.45) is 1.07. The SMILES string of the molecule is COCc1nc(C(=O)N=O)co1. The molecular formula is C6H6N2O4. The zero-order valence-corrected chi connectivity index (χ0v) is 6.31. The van der Waals surface area contributed by atoms with Gasteiger partial charge in [-0.15, -0.1) is 4.91 Å². The highest BCUT2D eigenvalue weighted by molar-refractivity contribution is 5.92. The Morgan fingerprint density at radius 1 is 1.83 bits per heavy atom. The van der Waals surface area contributed by atoms with Crippen molar-refractivity contribution in [2.75, 3.05) is 7.11 Å². The molecule has 1 amide bonds. The molecule has 1 rings (SSSR count). The molecule has 0 fully saturated rings. The number of ether oxygens (including phenoxy) is 1. The lowest BCUT2D eigenvalue weighted by Gasteiger charge is -1.87. The first-order valence-corrected chi connectivity index (χ1v) is 3.09. The maximum absolute atomic E-state index is 10.6. The lowest BCUT2D eigenvalue weighted by Crippen LogP contribution is -1.94. The van der Waals surface area contributed by atoms with Gasteiger partial charge in [0.2, 0.25) is 5.89 Å². The van der Waals surface area contributed by atoms with Gasteiger partial charge >= 0.3 is 5.91 Å². The van der Waals surface area contributed by atoms with Crippen molar-refractivity contribution in [1.29, 1.82) is 0 Å². The number of amides is 1. The Bertz CT molecular complexity index is 293. The van der Waals surface area contributed by atoms with E-state index in [2.05, 4.69) is 14.9 Å². The lowest BCUT2D eigenvalue weighted by atomic mass is 10.5. The quantitative estimate of drug-likeness (QED) is 0.624. The molecule has 6 nitrogen and oxygen atoms in total. The summed E-state index contributed by atoms with van der Waals surface area (Å²) in [7, 11) is 1.46. The maximum Gasteiger partial charge on any atom is 0.338 e. The number of methoxy groups -OCH3 is 1. The van der Waals surface area contributed by atoms with E-state index < -0.39 is 5.91 Å². The number of nitrogens with zero attached hydrogens (tertiary/aromatic N) is 2. The Hall–Kier alpha value is -1.56. The molecule has 0 aromatic carbocycles. The third kappa shape index (κ3) is 1.73. The molecule has 0 unspecified atom stereocenters. The van der Waals surface area contributed by atoms with Crippen molar-refractivity contribution >= 4 is 5.91 Å².